The minimum Gasteiger partial charge on any atom is -0.480 e. The number of hydrogen-bond acceptors (Lipinski definition) is 4. The van der Waals surface area contributed by atoms with Gasteiger partial charge in [-0.25, -0.2) is 8.42 Å². The second-order valence-electron chi connectivity index (χ2n) is 3.62. The third-order valence-corrected chi connectivity index (χ3v) is 3.21. The van der Waals surface area contributed by atoms with E-state index >= 15 is 0 Å². The predicted octanol–water partition coefficient (Wildman–Crippen LogP) is 1.40. The van der Waals surface area contributed by atoms with Gasteiger partial charge in [0.05, 0.1) is 17.2 Å². The number of nitrogens with one attached hydrogen (secondary N) is 1. The Balaban J connectivity index is 3.18. The molecule has 0 atom stereocenters. The van der Waals surface area contributed by atoms with Crippen molar-refractivity contribution in [2.75, 3.05) is 10.5 Å². The van der Waals surface area contributed by atoms with Gasteiger partial charge in [0, 0.05) is 5.69 Å². The molecular formula is C10H7F3N2O4S. The summed E-state index contributed by atoms with van der Waals surface area (Å²) in [6.45, 7) is 0. The number of carboxylic acids is 1. The summed E-state index contributed by atoms with van der Waals surface area (Å²) in [5.74, 6) is -2.93. The van der Waals surface area contributed by atoms with Crippen LogP contribution in [0.4, 0.5) is 18.9 Å². The number of rotatable bonds is 4. The predicted molar refractivity (Wildman–Crippen MR) is 61.2 cm³/mol. The molecule has 0 amide bonds. The number of carboxylic acid groups (broad SMARTS) is 1. The molecule has 0 spiro atoms. The van der Waals surface area contributed by atoms with Crippen molar-refractivity contribution in [3.05, 3.63) is 29.3 Å². The average Bonchev–Trinajstić information content (AvgIpc) is 2.25. The third-order valence-electron chi connectivity index (χ3n) is 2.03. The Morgan fingerprint density at radius 3 is 2.45 bits per heavy atom. The van der Waals surface area contributed by atoms with Gasteiger partial charge in [-0.2, -0.15) is 18.4 Å². The zero-order valence-corrected chi connectivity index (χ0v) is 10.4. The second kappa shape index (κ2) is 5.38. The molecule has 1 aromatic rings. The minimum atomic E-state index is -4.83. The van der Waals surface area contributed by atoms with Crippen molar-refractivity contribution >= 4 is 21.7 Å². The van der Waals surface area contributed by atoms with E-state index in [1.807, 2.05) is 0 Å². The van der Waals surface area contributed by atoms with Crippen molar-refractivity contribution in [2.24, 2.45) is 0 Å². The second-order valence-corrected chi connectivity index (χ2v) is 5.35. The van der Waals surface area contributed by atoms with Crippen molar-refractivity contribution in [3.8, 4) is 6.07 Å². The van der Waals surface area contributed by atoms with Crippen LogP contribution in [-0.2, 0) is 21.0 Å². The molecule has 0 radical (unpaired) electrons. The minimum absolute atomic E-state index is 0.429. The quantitative estimate of drug-likeness (QED) is 0.874. The summed E-state index contributed by atoms with van der Waals surface area (Å²) in [4.78, 5) is 10.3. The number of aliphatic carboxylic acids is 1. The van der Waals surface area contributed by atoms with Crippen LogP contribution in [0, 0.1) is 11.3 Å². The molecule has 1 rings (SSSR count). The maximum atomic E-state index is 12.6. The molecule has 0 heterocycles. The lowest BCUT2D eigenvalue weighted by atomic mass is 10.1. The Hall–Kier alpha value is -2.28. The van der Waals surface area contributed by atoms with Gasteiger partial charge in [-0.3, -0.25) is 9.52 Å². The molecule has 0 aliphatic heterocycles. The molecule has 0 saturated heterocycles. The van der Waals surface area contributed by atoms with Gasteiger partial charge < -0.3 is 5.11 Å². The molecule has 108 valence electrons. The zero-order chi connectivity index (χ0) is 15.6. The Kier molecular flexibility index (Phi) is 4.24. The zero-order valence-electron chi connectivity index (χ0n) is 9.60. The van der Waals surface area contributed by atoms with E-state index in [-0.39, 0.29) is 0 Å². The fourth-order valence-electron chi connectivity index (χ4n) is 1.32. The first-order valence-electron chi connectivity index (χ1n) is 4.89. The standard InChI is InChI=1S/C10H7F3N2O4S/c11-10(12,13)8-3-7(2-1-6(8)4-14)15-20(18,19)5-9(16)17/h1-3,15H,5H2,(H,16,17). The molecule has 0 fully saturated rings. The number of halogens is 3. The Labute approximate surface area is 111 Å². The molecule has 20 heavy (non-hydrogen) atoms. The van der Waals surface area contributed by atoms with Crippen LogP contribution in [0.1, 0.15) is 11.1 Å². The van der Waals surface area contributed by atoms with Crippen molar-refractivity contribution in [3.63, 3.8) is 0 Å². The van der Waals surface area contributed by atoms with Gasteiger partial charge in [-0.05, 0) is 18.2 Å². The molecular weight excluding hydrogens is 301 g/mol. The fraction of sp³-hybridized carbons (Fsp3) is 0.200. The number of sulfonamides is 1. The van der Waals surface area contributed by atoms with Crippen LogP contribution in [0.25, 0.3) is 0 Å². The summed E-state index contributed by atoms with van der Waals surface area (Å²) in [6.07, 6.45) is -4.83. The smallest absolute Gasteiger partial charge is 0.417 e. The van der Waals surface area contributed by atoms with Crippen molar-refractivity contribution in [2.45, 2.75) is 6.18 Å². The maximum Gasteiger partial charge on any atom is 0.417 e. The fourth-order valence-corrected chi connectivity index (χ4v) is 2.20. The number of anilines is 1. The lowest BCUT2D eigenvalue weighted by Gasteiger charge is -2.12. The van der Waals surface area contributed by atoms with Gasteiger partial charge >= 0.3 is 12.1 Å². The lowest BCUT2D eigenvalue weighted by Crippen LogP contribution is -2.22. The monoisotopic (exact) mass is 308 g/mol. The third kappa shape index (κ3) is 4.13. The highest BCUT2D eigenvalue weighted by atomic mass is 32.2. The first-order valence-corrected chi connectivity index (χ1v) is 6.54. The molecule has 0 saturated carbocycles. The summed E-state index contributed by atoms with van der Waals surface area (Å²) in [5, 5.41) is 16.9. The molecule has 0 aliphatic carbocycles. The van der Waals surface area contributed by atoms with E-state index in [2.05, 4.69) is 0 Å². The number of nitriles is 1. The number of alkyl halides is 3. The van der Waals surface area contributed by atoms with Crippen LogP contribution >= 0.6 is 0 Å². The summed E-state index contributed by atoms with van der Waals surface area (Å²) in [5.41, 5.74) is -2.45. The van der Waals surface area contributed by atoms with Gasteiger partial charge in [-0.15, -0.1) is 0 Å². The van der Waals surface area contributed by atoms with Crippen LogP contribution in [0.3, 0.4) is 0 Å². The van der Waals surface area contributed by atoms with Crippen molar-refractivity contribution < 1.29 is 31.5 Å². The Morgan fingerprint density at radius 2 is 2.00 bits per heavy atom. The van der Waals surface area contributed by atoms with Crippen LogP contribution in [0.2, 0.25) is 0 Å². The molecule has 6 nitrogen and oxygen atoms in total. The maximum absolute atomic E-state index is 12.6. The van der Waals surface area contributed by atoms with E-state index < -0.39 is 44.7 Å². The molecule has 10 heteroatoms. The summed E-state index contributed by atoms with van der Waals surface area (Å²) < 4.78 is 62.2. The topological polar surface area (TPSA) is 107 Å². The number of nitrogens with zero attached hydrogens (tertiary/aromatic N) is 1. The highest BCUT2D eigenvalue weighted by Gasteiger charge is 2.34. The average molecular weight is 308 g/mol. The Morgan fingerprint density at radius 1 is 1.40 bits per heavy atom. The van der Waals surface area contributed by atoms with E-state index in [4.69, 9.17) is 10.4 Å². The van der Waals surface area contributed by atoms with E-state index in [1.54, 1.807) is 4.72 Å². The molecule has 0 aliphatic rings. The van der Waals surface area contributed by atoms with Gasteiger partial charge in [0.15, 0.2) is 5.75 Å². The molecule has 2 N–H and O–H groups in total. The number of hydrogen-bond donors (Lipinski definition) is 2. The molecule has 1 aromatic carbocycles. The number of carbonyl (C=O) groups is 1. The van der Waals surface area contributed by atoms with Crippen LogP contribution in [-0.4, -0.2) is 25.2 Å². The van der Waals surface area contributed by atoms with Gasteiger partial charge in [0.25, 0.3) is 0 Å². The van der Waals surface area contributed by atoms with Gasteiger partial charge in [0.2, 0.25) is 10.0 Å². The Bertz CT molecular complexity index is 677. The van der Waals surface area contributed by atoms with Crippen molar-refractivity contribution in [1.29, 1.82) is 5.26 Å². The molecule has 0 aromatic heterocycles. The number of benzene rings is 1. The largest absolute Gasteiger partial charge is 0.480 e. The van der Waals surface area contributed by atoms with E-state index in [0.29, 0.717) is 6.07 Å². The van der Waals surface area contributed by atoms with E-state index in [9.17, 15) is 26.4 Å². The van der Waals surface area contributed by atoms with Crippen LogP contribution < -0.4 is 4.72 Å². The van der Waals surface area contributed by atoms with Gasteiger partial charge in [0.1, 0.15) is 0 Å². The highest BCUT2D eigenvalue weighted by Crippen LogP contribution is 2.33. The van der Waals surface area contributed by atoms with Crippen molar-refractivity contribution in [1.82, 2.24) is 0 Å². The summed E-state index contributed by atoms with van der Waals surface area (Å²) in [7, 11) is -4.32. The summed E-state index contributed by atoms with van der Waals surface area (Å²) >= 11 is 0. The van der Waals surface area contributed by atoms with Crippen LogP contribution in [0.15, 0.2) is 18.2 Å². The highest BCUT2D eigenvalue weighted by molar-refractivity contribution is 7.93. The van der Waals surface area contributed by atoms with Gasteiger partial charge in [-0.1, -0.05) is 0 Å². The SMILES string of the molecule is N#Cc1ccc(NS(=O)(=O)CC(=O)O)cc1C(F)(F)F. The normalized spacial score (nSPS) is 11.7. The summed E-state index contributed by atoms with van der Waals surface area (Å²) in [6, 6.07) is 3.49. The van der Waals surface area contributed by atoms with E-state index in [0.717, 1.165) is 12.1 Å². The molecule has 0 unspecified atom stereocenters. The lowest BCUT2D eigenvalue weighted by molar-refractivity contribution is -0.138. The first kappa shape index (κ1) is 15.8. The molecule has 0 bridgehead atoms. The van der Waals surface area contributed by atoms with E-state index in [1.165, 1.54) is 6.07 Å². The first-order chi connectivity index (χ1) is 9.05. The van der Waals surface area contributed by atoms with Crippen LogP contribution in [0.5, 0.6) is 0 Å².